The third kappa shape index (κ3) is 7.90. The van der Waals surface area contributed by atoms with Gasteiger partial charge >= 0.3 is 5.97 Å². The minimum absolute atomic E-state index is 0.122. The number of rotatable bonds is 14. The van der Waals surface area contributed by atoms with E-state index in [9.17, 15) is 18.3 Å². The summed E-state index contributed by atoms with van der Waals surface area (Å²) >= 11 is 2.83. The zero-order chi connectivity index (χ0) is 27.9. The van der Waals surface area contributed by atoms with Crippen molar-refractivity contribution in [2.24, 2.45) is 0 Å². The van der Waals surface area contributed by atoms with Crippen molar-refractivity contribution in [2.45, 2.75) is 49.9 Å². The second-order valence-corrected chi connectivity index (χ2v) is 13.3. The van der Waals surface area contributed by atoms with Crippen molar-refractivity contribution in [3.63, 3.8) is 0 Å². The number of likely N-dealkylation sites (N-methyl/N-ethyl adjacent to an activating group) is 1. The fraction of sp³-hybridized carbons (Fsp3) is 0.464. The highest BCUT2D eigenvalue weighted by Crippen LogP contribution is 2.42. The molecule has 2 aromatic heterocycles. The minimum Gasteiger partial charge on any atom is -0.492 e. The van der Waals surface area contributed by atoms with Crippen LogP contribution in [0.5, 0.6) is 5.75 Å². The van der Waals surface area contributed by atoms with Gasteiger partial charge in [0.2, 0.25) is 5.60 Å². The maximum absolute atomic E-state index is 12.6. The number of nitrogens with zero attached hydrogens (tertiary/aromatic N) is 1. The molecule has 1 N–H and O–H groups in total. The first kappa shape index (κ1) is 29.7. The molecule has 0 amide bonds. The smallest absolute Gasteiger partial charge is 0.347 e. The summed E-state index contributed by atoms with van der Waals surface area (Å²) in [5, 5.41) is 14.1. The number of hydrogen-bond acceptors (Lipinski definition) is 9. The molecular weight excluding hydrogens is 559 g/mol. The maximum atomic E-state index is 12.6. The van der Waals surface area contributed by atoms with Crippen LogP contribution >= 0.6 is 22.7 Å². The van der Waals surface area contributed by atoms with E-state index in [2.05, 4.69) is 11.9 Å². The molecule has 1 aromatic carbocycles. The molecule has 0 saturated heterocycles. The second kappa shape index (κ2) is 13.4. The number of ether oxygens (including phenoxy) is 2. The van der Waals surface area contributed by atoms with Crippen LogP contribution < -0.4 is 4.74 Å². The minimum atomic E-state index is -3.42. The summed E-state index contributed by atoms with van der Waals surface area (Å²) < 4.78 is 39.3. The third-order valence-corrected chi connectivity index (χ3v) is 9.51. The van der Waals surface area contributed by atoms with E-state index in [1.165, 1.54) is 22.7 Å². The second-order valence-electron chi connectivity index (χ2n) is 9.74. The zero-order valence-corrected chi connectivity index (χ0v) is 24.6. The van der Waals surface area contributed by atoms with Crippen molar-refractivity contribution < 1.29 is 32.0 Å². The van der Waals surface area contributed by atoms with E-state index in [4.69, 9.17) is 13.7 Å². The first-order valence-corrected chi connectivity index (χ1v) is 16.5. The SMILES string of the molecule is CN(CCOc1ccc(CCOS(C)(=O)=O)cc1)[C@H]1CC[C@H](OC(C(=O)O)(c2cccs2)c2cccs2)CC1. The molecular formula is C28H35NO7S3. The molecule has 8 nitrogen and oxygen atoms in total. The number of carboxylic acid groups (broad SMARTS) is 1. The lowest BCUT2D eigenvalue weighted by molar-refractivity contribution is -0.170. The lowest BCUT2D eigenvalue weighted by atomic mass is 9.90. The summed E-state index contributed by atoms with van der Waals surface area (Å²) in [6.07, 6.45) is 4.87. The van der Waals surface area contributed by atoms with Crippen molar-refractivity contribution in [1.82, 2.24) is 4.90 Å². The first-order chi connectivity index (χ1) is 18.7. The Hall–Kier alpha value is -2.28. The van der Waals surface area contributed by atoms with Crippen molar-refractivity contribution in [3.8, 4) is 5.75 Å². The molecule has 2 heterocycles. The Morgan fingerprint density at radius 1 is 1.00 bits per heavy atom. The topological polar surface area (TPSA) is 102 Å². The largest absolute Gasteiger partial charge is 0.492 e. The highest BCUT2D eigenvalue weighted by molar-refractivity contribution is 7.85. The highest BCUT2D eigenvalue weighted by atomic mass is 32.2. The summed E-state index contributed by atoms with van der Waals surface area (Å²) in [5.41, 5.74) is -0.484. The van der Waals surface area contributed by atoms with Crippen LogP contribution in [0.1, 0.15) is 41.0 Å². The summed E-state index contributed by atoms with van der Waals surface area (Å²) in [5.74, 6) is -0.209. The number of thiophene rings is 2. The molecule has 0 radical (unpaired) electrons. The van der Waals surface area contributed by atoms with Crippen molar-refractivity contribution in [1.29, 1.82) is 0 Å². The standard InChI is InChI=1S/C28H35NO7S3/c1-29(16-18-34-23-11-7-21(8-12-23)15-17-35-39(2,32)33)22-9-13-24(14-10-22)36-28(27(30)31,25-5-3-19-37-25)26-6-4-20-38-26/h3-8,11-12,19-20,22,24H,9-10,13-18H2,1-2H3,(H,30,31)/t22-,24-. The van der Waals surface area contributed by atoms with Crippen molar-refractivity contribution in [3.05, 3.63) is 74.6 Å². The molecule has 0 bridgehead atoms. The Balaban J connectivity index is 1.24. The first-order valence-electron chi connectivity index (χ1n) is 12.9. The molecule has 3 aromatic rings. The summed E-state index contributed by atoms with van der Waals surface area (Å²) in [4.78, 5) is 16.3. The van der Waals surface area contributed by atoms with Crippen LogP contribution in [-0.4, -0.2) is 69.6 Å². The van der Waals surface area contributed by atoms with E-state index < -0.39 is 21.7 Å². The third-order valence-electron chi connectivity index (χ3n) is 6.97. The van der Waals surface area contributed by atoms with Crippen LogP contribution in [0.25, 0.3) is 0 Å². The van der Waals surface area contributed by atoms with Crippen LogP contribution in [0.15, 0.2) is 59.3 Å². The van der Waals surface area contributed by atoms with E-state index >= 15 is 0 Å². The van der Waals surface area contributed by atoms with Crippen molar-refractivity contribution in [2.75, 3.05) is 33.1 Å². The Morgan fingerprint density at radius 3 is 2.13 bits per heavy atom. The summed E-state index contributed by atoms with van der Waals surface area (Å²) in [6, 6.07) is 15.4. The Morgan fingerprint density at radius 2 is 1.62 bits per heavy atom. The lowest BCUT2D eigenvalue weighted by Gasteiger charge is -2.38. The molecule has 1 saturated carbocycles. The predicted octanol–water partition coefficient (Wildman–Crippen LogP) is 5.00. The Labute approximate surface area is 238 Å². The molecule has 39 heavy (non-hydrogen) atoms. The monoisotopic (exact) mass is 593 g/mol. The number of benzene rings is 1. The van der Waals surface area contributed by atoms with Gasteiger partial charge in [-0.1, -0.05) is 24.3 Å². The zero-order valence-electron chi connectivity index (χ0n) is 22.2. The van der Waals surface area contributed by atoms with E-state index in [1.54, 1.807) is 0 Å². The van der Waals surface area contributed by atoms with Crippen LogP contribution in [-0.2, 0) is 35.9 Å². The molecule has 0 unspecified atom stereocenters. The van der Waals surface area contributed by atoms with Gasteiger partial charge in [0.1, 0.15) is 12.4 Å². The van der Waals surface area contributed by atoms with E-state index in [0.717, 1.165) is 49.8 Å². The molecule has 212 valence electrons. The molecule has 11 heteroatoms. The lowest BCUT2D eigenvalue weighted by Crippen LogP contribution is -2.45. The van der Waals surface area contributed by atoms with Gasteiger partial charge in [-0.15, -0.1) is 22.7 Å². The molecule has 1 fully saturated rings. The molecule has 0 atom stereocenters. The average molecular weight is 594 g/mol. The Kier molecular flexibility index (Phi) is 10.2. The summed E-state index contributed by atoms with van der Waals surface area (Å²) in [6.45, 7) is 1.43. The van der Waals surface area contributed by atoms with Crippen molar-refractivity contribution >= 4 is 38.8 Å². The number of carbonyl (C=O) groups is 1. The molecule has 1 aliphatic rings. The van der Waals surface area contributed by atoms with Gasteiger partial charge in [0.15, 0.2) is 0 Å². The van der Waals surface area contributed by atoms with Crippen LogP contribution in [0.4, 0.5) is 0 Å². The van der Waals surface area contributed by atoms with Gasteiger partial charge in [0.05, 0.1) is 28.7 Å². The predicted molar refractivity (Wildman–Crippen MR) is 153 cm³/mol. The van der Waals surface area contributed by atoms with E-state index in [1.807, 2.05) is 59.3 Å². The van der Waals surface area contributed by atoms with Gasteiger partial charge in [-0.2, -0.15) is 8.42 Å². The van der Waals surface area contributed by atoms with Gasteiger partial charge in [0, 0.05) is 12.6 Å². The van der Waals surface area contributed by atoms with Crippen LogP contribution in [0, 0.1) is 0 Å². The molecule has 1 aliphatic carbocycles. The van der Waals surface area contributed by atoms with Gasteiger partial charge in [0.25, 0.3) is 10.1 Å². The quantitative estimate of drug-likeness (QED) is 0.261. The van der Waals surface area contributed by atoms with E-state index in [-0.39, 0.29) is 12.7 Å². The van der Waals surface area contributed by atoms with Crippen LogP contribution in [0.3, 0.4) is 0 Å². The highest BCUT2D eigenvalue weighted by Gasteiger charge is 2.48. The maximum Gasteiger partial charge on any atom is 0.347 e. The fourth-order valence-corrected chi connectivity index (χ4v) is 7.06. The normalized spacial score (nSPS) is 18.3. The molecule has 4 rings (SSSR count). The number of aliphatic carboxylic acids is 1. The van der Waals surface area contributed by atoms with Gasteiger partial charge in [-0.05, 0) is 79.7 Å². The molecule has 0 spiro atoms. The summed E-state index contributed by atoms with van der Waals surface area (Å²) in [7, 11) is -1.33. The fourth-order valence-electron chi connectivity index (χ4n) is 4.86. The number of carboxylic acids is 1. The number of hydrogen-bond donors (Lipinski definition) is 1. The van der Waals surface area contributed by atoms with Gasteiger partial charge in [-0.25, -0.2) is 4.79 Å². The van der Waals surface area contributed by atoms with E-state index in [0.29, 0.717) is 28.8 Å². The van der Waals surface area contributed by atoms with Gasteiger partial charge < -0.3 is 19.5 Å². The van der Waals surface area contributed by atoms with Crippen LogP contribution in [0.2, 0.25) is 0 Å². The Bertz CT molecular complexity index is 1230. The average Bonchev–Trinajstić information content (AvgIpc) is 3.63. The molecule has 0 aliphatic heterocycles. The van der Waals surface area contributed by atoms with Gasteiger partial charge in [-0.3, -0.25) is 4.18 Å².